The maximum absolute atomic E-state index is 5.16. The molecule has 0 radical (unpaired) electrons. The van der Waals surface area contributed by atoms with E-state index in [1.807, 2.05) is 30.3 Å². The first kappa shape index (κ1) is 33.4. The molecule has 0 unspecified atom stereocenters. The van der Waals surface area contributed by atoms with Crippen LogP contribution >= 0.6 is 0 Å². The fourth-order valence-electron chi connectivity index (χ4n) is 9.83. The molecule has 0 aliphatic heterocycles. The van der Waals surface area contributed by atoms with Gasteiger partial charge < -0.3 is 0 Å². The highest BCUT2D eigenvalue weighted by molar-refractivity contribution is 6.01. The Hall–Kier alpha value is -7.75. The lowest BCUT2D eigenvalue weighted by molar-refractivity contribution is 0.794. The summed E-state index contributed by atoms with van der Waals surface area (Å²) >= 11 is 0. The fraction of sp³-hybridized carbons (Fsp3) is 0.0179. The number of aromatic nitrogens is 3. The molecule has 0 saturated heterocycles. The Bertz CT molecular complexity index is 3230. The minimum absolute atomic E-state index is 0.371. The van der Waals surface area contributed by atoms with Crippen LogP contribution in [0.1, 0.15) is 22.3 Å². The Kier molecular flexibility index (Phi) is 7.45. The summed E-state index contributed by atoms with van der Waals surface area (Å²) in [5.74, 6) is 1.93. The highest BCUT2D eigenvalue weighted by atomic mass is 15.0. The minimum Gasteiger partial charge on any atom is -0.208 e. The third kappa shape index (κ3) is 5.05. The van der Waals surface area contributed by atoms with E-state index in [1.54, 1.807) is 0 Å². The number of rotatable bonds is 5. The summed E-state index contributed by atoms with van der Waals surface area (Å²) in [5.41, 5.74) is 17.8. The van der Waals surface area contributed by atoms with Crippen LogP contribution < -0.4 is 0 Å². The van der Waals surface area contributed by atoms with Gasteiger partial charge in [-0.1, -0.05) is 200 Å². The van der Waals surface area contributed by atoms with E-state index in [9.17, 15) is 0 Å². The molecule has 12 rings (SSSR count). The van der Waals surface area contributed by atoms with Crippen molar-refractivity contribution in [2.45, 2.75) is 5.41 Å². The van der Waals surface area contributed by atoms with Crippen LogP contribution in [0.15, 0.2) is 212 Å². The van der Waals surface area contributed by atoms with Gasteiger partial charge in [-0.15, -0.1) is 0 Å². The lowest BCUT2D eigenvalue weighted by Crippen LogP contribution is -2.25. The molecule has 0 saturated carbocycles. The average Bonchev–Trinajstić information content (AvgIpc) is 3.79. The SMILES string of the molecule is c1ccc(-c2nc(-c3ccc4cc(-c5cccc6c5-c5ccccc5C65c6ccccc6-c6ccccc65)ccc4c3)nc(-c3ccccc3-c3ccccc3)n2)cc1. The van der Waals surface area contributed by atoms with Gasteiger partial charge in [-0.05, 0) is 89.7 Å². The first-order valence-corrected chi connectivity index (χ1v) is 20.2. The second-order valence-corrected chi connectivity index (χ2v) is 15.5. The van der Waals surface area contributed by atoms with Crippen molar-refractivity contribution in [2.75, 3.05) is 0 Å². The van der Waals surface area contributed by atoms with E-state index in [-0.39, 0.29) is 5.41 Å². The Balaban J connectivity index is 0.993. The van der Waals surface area contributed by atoms with Crippen molar-refractivity contribution in [1.82, 2.24) is 15.0 Å². The molecule has 2 aliphatic rings. The summed E-state index contributed by atoms with van der Waals surface area (Å²) in [6.07, 6.45) is 0. The molecule has 0 fully saturated rings. The smallest absolute Gasteiger partial charge is 0.164 e. The van der Waals surface area contributed by atoms with Gasteiger partial charge in [0.1, 0.15) is 0 Å². The molecule has 1 heterocycles. The van der Waals surface area contributed by atoms with Gasteiger partial charge in [-0.3, -0.25) is 0 Å². The van der Waals surface area contributed by atoms with Crippen LogP contribution in [0.4, 0.5) is 0 Å². The highest BCUT2D eigenvalue weighted by Crippen LogP contribution is 2.63. The monoisotopic (exact) mass is 749 g/mol. The Morgan fingerprint density at radius 3 is 1.36 bits per heavy atom. The van der Waals surface area contributed by atoms with E-state index >= 15 is 0 Å². The summed E-state index contributed by atoms with van der Waals surface area (Å²) in [4.78, 5) is 15.3. The maximum Gasteiger partial charge on any atom is 0.164 e. The predicted molar refractivity (Wildman–Crippen MR) is 241 cm³/mol. The van der Waals surface area contributed by atoms with E-state index < -0.39 is 0 Å². The van der Waals surface area contributed by atoms with Crippen molar-refractivity contribution in [1.29, 1.82) is 0 Å². The zero-order valence-corrected chi connectivity index (χ0v) is 32.0. The number of fused-ring (bicyclic) bond motifs is 11. The molecule has 0 amide bonds. The number of benzene rings is 9. The van der Waals surface area contributed by atoms with E-state index in [4.69, 9.17) is 15.0 Å². The van der Waals surface area contributed by atoms with Gasteiger partial charge >= 0.3 is 0 Å². The molecule has 1 aromatic heterocycles. The summed E-state index contributed by atoms with van der Waals surface area (Å²) in [7, 11) is 0. The number of hydrogen-bond donors (Lipinski definition) is 0. The van der Waals surface area contributed by atoms with Crippen molar-refractivity contribution in [3.8, 4) is 78.7 Å². The van der Waals surface area contributed by atoms with Crippen LogP contribution in [0.25, 0.3) is 89.4 Å². The van der Waals surface area contributed by atoms with E-state index in [2.05, 4.69) is 182 Å². The summed E-state index contributed by atoms with van der Waals surface area (Å²) in [5, 5.41) is 2.29. The van der Waals surface area contributed by atoms with E-state index in [0.717, 1.165) is 38.6 Å². The van der Waals surface area contributed by atoms with Gasteiger partial charge in [-0.2, -0.15) is 0 Å². The van der Waals surface area contributed by atoms with E-state index in [1.165, 1.54) is 55.6 Å². The van der Waals surface area contributed by atoms with Crippen LogP contribution in [0.3, 0.4) is 0 Å². The Morgan fingerprint density at radius 1 is 0.254 bits per heavy atom. The molecular weight excluding hydrogens is 715 g/mol. The summed E-state index contributed by atoms with van der Waals surface area (Å²) in [6, 6.07) is 76.3. The van der Waals surface area contributed by atoms with Gasteiger partial charge in [0, 0.05) is 16.7 Å². The second kappa shape index (κ2) is 13.2. The molecule has 1 spiro atoms. The zero-order valence-electron chi connectivity index (χ0n) is 32.0. The predicted octanol–water partition coefficient (Wildman–Crippen LogP) is 13.7. The van der Waals surface area contributed by atoms with Crippen molar-refractivity contribution in [3.63, 3.8) is 0 Å². The first-order chi connectivity index (χ1) is 29.3. The number of hydrogen-bond acceptors (Lipinski definition) is 3. The van der Waals surface area contributed by atoms with Crippen molar-refractivity contribution in [2.24, 2.45) is 0 Å². The molecule has 2 aliphatic carbocycles. The number of nitrogens with zero attached hydrogens (tertiary/aromatic N) is 3. The average molecular weight is 750 g/mol. The third-order valence-electron chi connectivity index (χ3n) is 12.4. The van der Waals surface area contributed by atoms with Gasteiger partial charge in [0.05, 0.1) is 5.41 Å². The molecule has 0 N–H and O–H groups in total. The molecule has 10 aromatic rings. The standard InChI is InChI=1S/C56H35N3/c1-3-16-36(17-4-1)42-20-7-8-23-46(42)55-58-53(37-18-5-2-6-19-37)57-54(59-55)41-33-31-38-34-40(32-30-39(38)35-41)43-25-15-29-51-52(43)47-24-11-14-28-50(47)56(51)48-26-12-9-21-44(48)45-22-10-13-27-49(45)56/h1-35H. The zero-order chi connectivity index (χ0) is 38.9. The van der Waals surface area contributed by atoms with Crippen molar-refractivity contribution in [3.05, 3.63) is 235 Å². The minimum atomic E-state index is -0.371. The van der Waals surface area contributed by atoms with Gasteiger partial charge in [0.2, 0.25) is 0 Å². The first-order valence-electron chi connectivity index (χ1n) is 20.2. The normalized spacial score (nSPS) is 12.9. The van der Waals surface area contributed by atoms with Crippen LogP contribution in [0.2, 0.25) is 0 Å². The molecule has 274 valence electrons. The lowest BCUT2D eigenvalue weighted by atomic mass is 9.70. The largest absolute Gasteiger partial charge is 0.208 e. The van der Waals surface area contributed by atoms with Crippen LogP contribution in [0.5, 0.6) is 0 Å². The maximum atomic E-state index is 5.16. The van der Waals surface area contributed by atoms with Gasteiger partial charge in [0.25, 0.3) is 0 Å². The van der Waals surface area contributed by atoms with Gasteiger partial charge in [-0.25, -0.2) is 15.0 Å². The summed E-state index contributed by atoms with van der Waals surface area (Å²) in [6.45, 7) is 0. The van der Waals surface area contributed by atoms with Crippen LogP contribution in [-0.2, 0) is 5.41 Å². The Labute approximate surface area is 343 Å². The fourth-order valence-corrected chi connectivity index (χ4v) is 9.83. The van der Waals surface area contributed by atoms with Crippen LogP contribution in [0, 0.1) is 0 Å². The second-order valence-electron chi connectivity index (χ2n) is 15.5. The lowest BCUT2D eigenvalue weighted by Gasteiger charge is -2.30. The molecule has 9 aromatic carbocycles. The van der Waals surface area contributed by atoms with E-state index in [0.29, 0.717) is 17.5 Å². The molecule has 3 nitrogen and oxygen atoms in total. The Morgan fingerprint density at radius 2 is 0.695 bits per heavy atom. The highest BCUT2D eigenvalue weighted by Gasteiger charge is 2.51. The molecule has 3 heteroatoms. The molecule has 0 atom stereocenters. The topological polar surface area (TPSA) is 38.7 Å². The summed E-state index contributed by atoms with van der Waals surface area (Å²) < 4.78 is 0. The quantitative estimate of drug-likeness (QED) is 0.176. The van der Waals surface area contributed by atoms with Crippen molar-refractivity contribution >= 4 is 10.8 Å². The van der Waals surface area contributed by atoms with Gasteiger partial charge in [0.15, 0.2) is 17.5 Å². The molecular formula is C56H35N3. The van der Waals surface area contributed by atoms with Crippen LogP contribution in [-0.4, -0.2) is 15.0 Å². The molecule has 59 heavy (non-hydrogen) atoms. The van der Waals surface area contributed by atoms with Crippen molar-refractivity contribution < 1.29 is 0 Å². The third-order valence-corrected chi connectivity index (χ3v) is 12.4. The molecule has 0 bridgehead atoms.